The van der Waals surface area contributed by atoms with E-state index in [-0.39, 0.29) is 5.92 Å². The summed E-state index contributed by atoms with van der Waals surface area (Å²) in [7, 11) is 0. The van der Waals surface area contributed by atoms with Crippen molar-refractivity contribution in [1.29, 1.82) is 0 Å². The van der Waals surface area contributed by atoms with E-state index in [2.05, 4.69) is 5.92 Å². The molecular weight excluding hydrogens is 158 g/mol. The number of rotatable bonds is 1. The predicted octanol–water partition coefficient (Wildman–Crippen LogP) is 2.70. The van der Waals surface area contributed by atoms with Gasteiger partial charge in [-0.1, -0.05) is 5.92 Å². The number of hydrogen-bond donors (Lipinski definition) is 0. The molecule has 0 nitrogen and oxygen atoms in total. The van der Waals surface area contributed by atoms with Crippen molar-refractivity contribution in [2.24, 2.45) is 0 Å². The molecule has 62 valence electrons. The third-order valence-electron chi connectivity index (χ3n) is 1.63. The zero-order valence-corrected chi connectivity index (χ0v) is 6.64. The molecule has 0 amide bonds. The van der Waals surface area contributed by atoms with Crippen molar-refractivity contribution < 1.29 is 8.78 Å². The van der Waals surface area contributed by atoms with Crippen molar-refractivity contribution in [2.45, 2.75) is 12.8 Å². The second kappa shape index (κ2) is 3.36. The van der Waals surface area contributed by atoms with Gasteiger partial charge in [0.1, 0.15) is 11.6 Å². The highest BCUT2D eigenvalue weighted by Gasteiger charge is 2.05. The Morgan fingerprint density at radius 1 is 1.25 bits per heavy atom. The highest BCUT2D eigenvalue weighted by molar-refractivity contribution is 5.26. The maximum atomic E-state index is 12.6. The topological polar surface area (TPSA) is 0 Å². The molecule has 1 aromatic rings. The van der Waals surface area contributed by atoms with E-state index in [0.717, 1.165) is 6.07 Å². The molecule has 0 fully saturated rings. The third-order valence-corrected chi connectivity index (χ3v) is 1.63. The molecular formula is C10H8F2. The minimum absolute atomic E-state index is 0.254. The molecule has 2 heteroatoms. The van der Waals surface area contributed by atoms with Gasteiger partial charge in [-0.2, -0.15) is 0 Å². The molecule has 0 aliphatic heterocycles. The minimum atomic E-state index is -0.591. The third kappa shape index (κ3) is 1.82. The van der Waals surface area contributed by atoms with Gasteiger partial charge in [-0.3, -0.25) is 0 Å². The molecule has 0 heterocycles. The molecule has 0 aromatic heterocycles. The molecule has 1 rings (SSSR count). The standard InChI is InChI=1S/C10H8F2/c1-3-7(2)8-4-9(11)6-10(12)5-8/h1,4-7H,2H3. The minimum Gasteiger partial charge on any atom is -0.207 e. The quantitative estimate of drug-likeness (QED) is 0.563. The Morgan fingerprint density at radius 3 is 2.17 bits per heavy atom. The van der Waals surface area contributed by atoms with E-state index in [4.69, 9.17) is 6.42 Å². The van der Waals surface area contributed by atoms with E-state index in [1.807, 2.05) is 0 Å². The Hall–Kier alpha value is -1.36. The SMILES string of the molecule is C#CC(C)c1cc(F)cc(F)c1. The van der Waals surface area contributed by atoms with Crippen molar-refractivity contribution in [1.82, 2.24) is 0 Å². The van der Waals surface area contributed by atoms with E-state index in [1.54, 1.807) is 6.92 Å². The van der Waals surface area contributed by atoms with E-state index in [0.29, 0.717) is 5.56 Å². The van der Waals surface area contributed by atoms with Crippen LogP contribution in [0.1, 0.15) is 18.4 Å². The maximum absolute atomic E-state index is 12.6. The van der Waals surface area contributed by atoms with Crippen LogP contribution in [0.15, 0.2) is 18.2 Å². The van der Waals surface area contributed by atoms with Gasteiger partial charge in [0.15, 0.2) is 0 Å². The number of terminal acetylenes is 1. The first-order chi connectivity index (χ1) is 5.63. The average Bonchev–Trinajstić information content (AvgIpc) is 2.01. The molecule has 12 heavy (non-hydrogen) atoms. The smallest absolute Gasteiger partial charge is 0.126 e. The Balaban J connectivity index is 3.10. The molecule has 0 aliphatic rings. The van der Waals surface area contributed by atoms with E-state index >= 15 is 0 Å². The molecule has 0 bridgehead atoms. The summed E-state index contributed by atoms with van der Waals surface area (Å²) in [6.45, 7) is 1.72. The molecule has 0 radical (unpaired) electrons. The number of halogens is 2. The summed E-state index contributed by atoms with van der Waals surface area (Å²) in [6.07, 6.45) is 5.11. The van der Waals surface area contributed by atoms with Gasteiger partial charge >= 0.3 is 0 Å². The number of benzene rings is 1. The van der Waals surface area contributed by atoms with E-state index < -0.39 is 11.6 Å². The Bertz CT molecular complexity index is 303. The molecule has 1 unspecified atom stereocenters. The average molecular weight is 166 g/mol. The van der Waals surface area contributed by atoms with Gasteiger partial charge in [-0.05, 0) is 24.6 Å². The molecule has 0 N–H and O–H groups in total. The normalized spacial score (nSPS) is 12.2. The summed E-state index contributed by atoms with van der Waals surface area (Å²) in [5.41, 5.74) is 0.495. The van der Waals surface area contributed by atoms with Gasteiger partial charge in [-0.15, -0.1) is 6.42 Å². The first-order valence-electron chi connectivity index (χ1n) is 3.55. The van der Waals surface area contributed by atoms with Crippen LogP contribution in [0, 0.1) is 24.0 Å². The van der Waals surface area contributed by atoms with E-state index in [9.17, 15) is 8.78 Å². The predicted molar refractivity (Wildman–Crippen MR) is 43.6 cm³/mol. The summed E-state index contributed by atoms with van der Waals surface area (Å²) in [6, 6.07) is 3.31. The van der Waals surface area contributed by atoms with Gasteiger partial charge < -0.3 is 0 Å². The highest BCUT2D eigenvalue weighted by Crippen LogP contribution is 2.16. The summed E-state index contributed by atoms with van der Waals surface area (Å²) in [5.74, 6) is 0.967. The first kappa shape index (κ1) is 8.73. The lowest BCUT2D eigenvalue weighted by Gasteiger charge is -2.03. The van der Waals surface area contributed by atoms with Gasteiger partial charge in [-0.25, -0.2) is 8.78 Å². The molecule has 1 atom stereocenters. The molecule has 0 saturated carbocycles. The van der Waals surface area contributed by atoms with Crippen LogP contribution < -0.4 is 0 Å². The fraction of sp³-hybridized carbons (Fsp3) is 0.200. The van der Waals surface area contributed by atoms with Crippen LogP contribution in [0.5, 0.6) is 0 Å². The van der Waals surface area contributed by atoms with Crippen molar-refractivity contribution in [2.75, 3.05) is 0 Å². The fourth-order valence-electron chi connectivity index (χ4n) is 0.921. The summed E-state index contributed by atoms with van der Waals surface area (Å²) < 4.78 is 25.2. The second-order valence-corrected chi connectivity index (χ2v) is 2.59. The Morgan fingerprint density at radius 2 is 1.75 bits per heavy atom. The van der Waals surface area contributed by atoms with E-state index in [1.165, 1.54) is 12.1 Å². The van der Waals surface area contributed by atoms with Crippen molar-refractivity contribution in [3.05, 3.63) is 35.4 Å². The maximum Gasteiger partial charge on any atom is 0.126 e. The highest BCUT2D eigenvalue weighted by atomic mass is 19.1. The van der Waals surface area contributed by atoms with Crippen LogP contribution in [0.2, 0.25) is 0 Å². The monoisotopic (exact) mass is 166 g/mol. The Kier molecular flexibility index (Phi) is 2.44. The first-order valence-corrected chi connectivity index (χ1v) is 3.55. The van der Waals surface area contributed by atoms with Crippen LogP contribution in [0.3, 0.4) is 0 Å². The lowest BCUT2D eigenvalue weighted by molar-refractivity contribution is 0.579. The van der Waals surface area contributed by atoms with Crippen molar-refractivity contribution >= 4 is 0 Å². The largest absolute Gasteiger partial charge is 0.207 e. The zero-order valence-electron chi connectivity index (χ0n) is 6.64. The van der Waals surface area contributed by atoms with Crippen LogP contribution in [-0.2, 0) is 0 Å². The van der Waals surface area contributed by atoms with Crippen LogP contribution in [0.25, 0.3) is 0 Å². The van der Waals surface area contributed by atoms with Gasteiger partial charge in [0, 0.05) is 12.0 Å². The lowest BCUT2D eigenvalue weighted by Crippen LogP contribution is -1.92. The Labute approximate surface area is 70.2 Å². The zero-order chi connectivity index (χ0) is 9.14. The van der Waals surface area contributed by atoms with Gasteiger partial charge in [0.2, 0.25) is 0 Å². The second-order valence-electron chi connectivity index (χ2n) is 2.59. The molecule has 0 saturated heterocycles. The van der Waals surface area contributed by atoms with Gasteiger partial charge in [0.05, 0.1) is 0 Å². The molecule has 0 aliphatic carbocycles. The summed E-state index contributed by atoms with van der Waals surface area (Å²) >= 11 is 0. The fourth-order valence-corrected chi connectivity index (χ4v) is 0.921. The summed E-state index contributed by atoms with van der Waals surface area (Å²) in [5, 5.41) is 0. The van der Waals surface area contributed by atoms with Gasteiger partial charge in [0.25, 0.3) is 0 Å². The van der Waals surface area contributed by atoms with Crippen LogP contribution >= 0.6 is 0 Å². The molecule has 1 aromatic carbocycles. The van der Waals surface area contributed by atoms with Crippen molar-refractivity contribution in [3.8, 4) is 12.3 Å². The van der Waals surface area contributed by atoms with Crippen LogP contribution in [0.4, 0.5) is 8.78 Å². The lowest BCUT2D eigenvalue weighted by atomic mass is 10.0. The number of hydrogen-bond acceptors (Lipinski definition) is 0. The molecule has 0 spiro atoms. The summed E-state index contributed by atoms with van der Waals surface area (Å²) in [4.78, 5) is 0. The van der Waals surface area contributed by atoms with Crippen molar-refractivity contribution in [3.63, 3.8) is 0 Å². The van der Waals surface area contributed by atoms with Crippen LogP contribution in [-0.4, -0.2) is 0 Å².